The molecule has 5 heteroatoms. The number of aromatic nitrogens is 3. The number of nitriles is 1. The number of benzene rings is 2. The van der Waals surface area contributed by atoms with E-state index in [1.165, 1.54) is 6.33 Å². The highest BCUT2D eigenvalue weighted by molar-refractivity contribution is 5.47. The van der Waals surface area contributed by atoms with Crippen molar-refractivity contribution in [2.24, 2.45) is 0 Å². The minimum absolute atomic E-state index is 0.143. The van der Waals surface area contributed by atoms with Crippen LogP contribution in [0.4, 0.5) is 5.69 Å². The van der Waals surface area contributed by atoms with Gasteiger partial charge in [-0.25, -0.2) is 14.5 Å². The van der Waals surface area contributed by atoms with Crippen LogP contribution in [0.3, 0.4) is 0 Å². The van der Waals surface area contributed by atoms with Crippen LogP contribution < -0.4 is 0 Å². The second-order valence-electron chi connectivity index (χ2n) is 4.72. The van der Waals surface area contributed by atoms with Crippen LogP contribution in [0.25, 0.3) is 4.85 Å². The Morgan fingerprint density at radius 1 is 1.05 bits per heavy atom. The summed E-state index contributed by atoms with van der Waals surface area (Å²) in [5.74, 6) is 0. The minimum atomic E-state index is -0.143. The predicted octanol–water partition coefficient (Wildman–Crippen LogP) is 3.34. The van der Waals surface area contributed by atoms with Crippen molar-refractivity contribution in [3.63, 3.8) is 0 Å². The van der Waals surface area contributed by atoms with Crippen LogP contribution in [0.2, 0.25) is 0 Å². The molecule has 5 nitrogen and oxygen atoms in total. The molecule has 0 saturated heterocycles. The van der Waals surface area contributed by atoms with Gasteiger partial charge in [-0.15, -0.1) is 0 Å². The third kappa shape index (κ3) is 2.56. The monoisotopic (exact) mass is 285 g/mol. The van der Waals surface area contributed by atoms with Crippen molar-refractivity contribution < 1.29 is 0 Å². The molecule has 0 radical (unpaired) electrons. The van der Waals surface area contributed by atoms with Gasteiger partial charge in [0.05, 0.1) is 18.2 Å². The summed E-state index contributed by atoms with van der Waals surface area (Å²) in [6, 6.07) is 16.8. The van der Waals surface area contributed by atoms with Crippen molar-refractivity contribution in [3.05, 3.63) is 89.3 Å². The maximum atomic E-state index is 8.92. The van der Waals surface area contributed by atoms with Crippen LogP contribution in [-0.4, -0.2) is 14.8 Å². The Bertz CT molecular complexity index is 777. The van der Waals surface area contributed by atoms with Crippen LogP contribution in [-0.2, 0) is 0 Å². The van der Waals surface area contributed by atoms with Gasteiger partial charge in [0.15, 0.2) is 5.69 Å². The molecular formula is C17H11N5. The molecule has 0 N–H and O–H groups in total. The molecule has 3 aromatic rings. The van der Waals surface area contributed by atoms with E-state index in [-0.39, 0.29) is 6.04 Å². The molecular weight excluding hydrogens is 274 g/mol. The zero-order valence-electron chi connectivity index (χ0n) is 11.6. The highest BCUT2D eigenvalue weighted by atomic mass is 15.3. The quantitative estimate of drug-likeness (QED) is 0.693. The van der Waals surface area contributed by atoms with Gasteiger partial charge < -0.3 is 0 Å². The Hall–Kier alpha value is -3.44. The third-order valence-corrected chi connectivity index (χ3v) is 3.39. The summed E-state index contributed by atoms with van der Waals surface area (Å²) in [5, 5.41) is 13.2. The second-order valence-corrected chi connectivity index (χ2v) is 4.72. The van der Waals surface area contributed by atoms with Gasteiger partial charge in [0.2, 0.25) is 0 Å². The van der Waals surface area contributed by atoms with E-state index in [1.54, 1.807) is 35.3 Å². The first-order valence-corrected chi connectivity index (χ1v) is 6.63. The molecule has 0 saturated carbocycles. The highest BCUT2D eigenvalue weighted by Crippen LogP contribution is 2.27. The fourth-order valence-corrected chi connectivity index (χ4v) is 2.32. The van der Waals surface area contributed by atoms with Crippen LogP contribution in [0.5, 0.6) is 0 Å². The minimum Gasteiger partial charge on any atom is -0.241 e. The molecule has 0 fully saturated rings. The van der Waals surface area contributed by atoms with Gasteiger partial charge in [-0.2, -0.15) is 10.4 Å². The lowest BCUT2D eigenvalue weighted by Crippen LogP contribution is -2.12. The molecule has 1 aromatic heterocycles. The fraction of sp³-hybridized carbons (Fsp3) is 0.0588. The summed E-state index contributed by atoms with van der Waals surface area (Å²) >= 11 is 0. The summed E-state index contributed by atoms with van der Waals surface area (Å²) in [5.41, 5.74) is 3.22. The Kier molecular flexibility index (Phi) is 3.63. The van der Waals surface area contributed by atoms with Gasteiger partial charge in [0.1, 0.15) is 18.7 Å². The molecule has 3 rings (SSSR count). The maximum absolute atomic E-state index is 8.92. The molecule has 1 unspecified atom stereocenters. The lowest BCUT2D eigenvalue weighted by Gasteiger charge is -2.18. The lowest BCUT2D eigenvalue weighted by molar-refractivity contribution is 0.594. The van der Waals surface area contributed by atoms with E-state index in [9.17, 15) is 0 Å². The summed E-state index contributed by atoms with van der Waals surface area (Å²) in [4.78, 5) is 7.42. The standard InChI is InChI=1S/C17H11N5/c1-19-16-8-6-15(7-9-16)17(22-12-20-11-21-22)14-4-2-13(10-18)3-5-14/h2-9,11-12,17H. The van der Waals surface area contributed by atoms with Crippen LogP contribution in [0.1, 0.15) is 22.7 Å². The zero-order valence-corrected chi connectivity index (χ0v) is 11.6. The fourth-order valence-electron chi connectivity index (χ4n) is 2.32. The van der Waals surface area contributed by atoms with E-state index in [1.807, 2.05) is 24.3 Å². The molecule has 0 amide bonds. The van der Waals surface area contributed by atoms with Crippen molar-refractivity contribution in [3.8, 4) is 6.07 Å². The van der Waals surface area contributed by atoms with Crippen LogP contribution in [0, 0.1) is 17.9 Å². The molecule has 0 aliphatic heterocycles. The number of nitrogens with zero attached hydrogens (tertiary/aromatic N) is 5. The Balaban J connectivity index is 2.07. The summed E-state index contributed by atoms with van der Waals surface area (Å²) in [6.07, 6.45) is 3.15. The van der Waals surface area contributed by atoms with Crippen molar-refractivity contribution in [1.29, 1.82) is 5.26 Å². The first kappa shape index (κ1) is 13.5. The third-order valence-electron chi connectivity index (χ3n) is 3.39. The molecule has 2 aromatic carbocycles. The average molecular weight is 285 g/mol. The Morgan fingerprint density at radius 2 is 1.68 bits per heavy atom. The second kappa shape index (κ2) is 5.90. The van der Waals surface area contributed by atoms with Gasteiger partial charge >= 0.3 is 0 Å². The van der Waals surface area contributed by atoms with Gasteiger partial charge in [-0.05, 0) is 23.3 Å². The molecule has 22 heavy (non-hydrogen) atoms. The van der Waals surface area contributed by atoms with Crippen LogP contribution >= 0.6 is 0 Å². The van der Waals surface area contributed by atoms with Crippen molar-refractivity contribution in [2.45, 2.75) is 6.04 Å². The molecule has 1 atom stereocenters. The van der Waals surface area contributed by atoms with Crippen molar-refractivity contribution in [2.75, 3.05) is 0 Å². The molecule has 0 aliphatic rings. The van der Waals surface area contributed by atoms with Crippen molar-refractivity contribution in [1.82, 2.24) is 14.8 Å². The first-order chi connectivity index (χ1) is 10.8. The summed E-state index contributed by atoms with van der Waals surface area (Å²) in [7, 11) is 0. The molecule has 0 spiro atoms. The average Bonchev–Trinajstić information content (AvgIpc) is 3.10. The van der Waals surface area contributed by atoms with Gasteiger partial charge in [0, 0.05) is 0 Å². The van der Waals surface area contributed by atoms with Gasteiger partial charge in [-0.1, -0.05) is 36.4 Å². The maximum Gasteiger partial charge on any atom is 0.187 e. The van der Waals surface area contributed by atoms with E-state index in [2.05, 4.69) is 21.0 Å². The first-order valence-electron chi connectivity index (χ1n) is 6.63. The lowest BCUT2D eigenvalue weighted by atomic mass is 9.98. The molecule has 104 valence electrons. The highest BCUT2D eigenvalue weighted by Gasteiger charge is 2.17. The van der Waals surface area contributed by atoms with Gasteiger partial charge in [-0.3, -0.25) is 0 Å². The molecule has 1 heterocycles. The van der Waals surface area contributed by atoms with E-state index >= 15 is 0 Å². The Labute approximate surface area is 127 Å². The van der Waals surface area contributed by atoms with E-state index in [0.717, 1.165) is 11.1 Å². The van der Waals surface area contributed by atoms with E-state index < -0.39 is 0 Å². The number of hydrogen-bond acceptors (Lipinski definition) is 3. The molecule has 0 bridgehead atoms. The topological polar surface area (TPSA) is 58.9 Å². The predicted molar refractivity (Wildman–Crippen MR) is 81.1 cm³/mol. The summed E-state index contributed by atoms with van der Waals surface area (Å²) < 4.78 is 1.76. The Morgan fingerprint density at radius 3 is 2.18 bits per heavy atom. The molecule has 0 aliphatic carbocycles. The smallest absolute Gasteiger partial charge is 0.187 e. The summed E-state index contributed by atoms with van der Waals surface area (Å²) in [6.45, 7) is 7.04. The largest absolute Gasteiger partial charge is 0.241 e. The SMILES string of the molecule is [C-]#[N+]c1ccc(C(c2ccc(C#N)cc2)n2cncn2)cc1. The number of rotatable bonds is 3. The van der Waals surface area contributed by atoms with E-state index in [4.69, 9.17) is 11.8 Å². The number of hydrogen-bond donors (Lipinski definition) is 0. The van der Waals surface area contributed by atoms with Gasteiger partial charge in [0.25, 0.3) is 0 Å². The van der Waals surface area contributed by atoms with E-state index in [0.29, 0.717) is 11.3 Å². The van der Waals surface area contributed by atoms with Crippen LogP contribution in [0.15, 0.2) is 61.2 Å². The normalized spacial score (nSPS) is 11.4. The van der Waals surface area contributed by atoms with Crippen molar-refractivity contribution >= 4 is 5.69 Å². The zero-order chi connectivity index (χ0) is 15.4.